The van der Waals surface area contributed by atoms with Gasteiger partial charge in [0.25, 0.3) is 0 Å². The Balaban J connectivity index is 1.65. The second-order valence-electron chi connectivity index (χ2n) is 8.96. The monoisotopic (exact) mass is 490 g/mol. The summed E-state index contributed by atoms with van der Waals surface area (Å²) in [6.07, 6.45) is 0.452. The number of amides is 4. The van der Waals surface area contributed by atoms with E-state index in [-0.39, 0.29) is 25.9 Å². The standard InChI is InChI=1S/C26H30N6O4/c1-15(33)29-21(13-27)25(35)31-20(11-16-7-3-2-4-8-16)26(36)32-14-22-18(12-23(32)24(28)34)17-9-5-6-10-19(17)30-22/h2-10,20-21,23,30H,11-14,27H2,1H3,(H2,28,34)(H,29,33)(H,31,35)/t20-,21-,23-/m0/s1. The first-order chi connectivity index (χ1) is 17.3. The molecule has 188 valence electrons. The van der Waals surface area contributed by atoms with E-state index in [1.165, 1.54) is 11.8 Å². The lowest BCUT2D eigenvalue weighted by atomic mass is 9.94. The molecule has 0 aliphatic carbocycles. The summed E-state index contributed by atoms with van der Waals surface area (Å²) < 4.78 is 0. The molecule has 3 aromatic rings. The summed E-state index contributed by atoms with van der Waals surface area (Å²) in [5.41, 5.74) is 14.9. The van der Waals surface area contributed by atoms with Crippen LogP contribution in [0.1, 0.15) is 23.7 Å². The Labute approximate surface area is 208 Å². The zero-order valence-electron chi connectivity index (χ0n) is 20.0. The van der Waals surface area contributed by atoms with Gasteiger partial charge in [-0.15, -0.1) is 0 Å². The van der Waals surface area contributed by atoms with Crippen LogP contribution in [0, 0.1) is 0 Å². The Bertz CT molecular complexity index is 1290. The predicted molar refractivity (Wildman–Crippen MR) is 134 cm³/mol. The van der Waals surface area contributed by atoms with Crippen molar-refractivity contribution < 1.29 is 19.2 Å². The van der Waals surface area contributed by atoms with Crippen molar-refractivity contribution in [3.63, 3.8) is 0 Å². The Morgan fingerprint density at radius 3 is 2.39 bits per heavy atom. The minimum atomic E-state index is -1.00. The molecule has 0 saturated heterocycles. The Morgan fingerprint density at radius 1 is 1.03 bits per heavy atom. The van der Waals surface area contributed by atoms with Crippen molar-refractivity contribution in [2.24, 2.45) is 11.5 Å². The van der Waals surface area contributed by atoms with Gasteiger partial charge in [-0.05, 0) is 17.2 Å². The third-order valence-corrected chi connectivity index (χ3v) is 6.44. The molecular weight excluding hydrogens is 460 g/mol. The van der Waals surface area contributed by atoms with Crippen molar-refractivity contribution in [3.05, 3.63) is 71.4 Å². The fourth-order valence-electron chi connectivity index (χ4n) is 4.69. The minimum Gasteiger partial charge on any atom is -0.368 e. The largest absolute Gasteiger partial charge is 0.368 e. The van der Waals surface area contributed by atoms with Crippen LogP contribution >= 0.6 is 0 Å². The molecule has 0 radical (unpaired) electrons. The van der Waals surface area contributed by atoms with Crippen LogP contribution in [0.4, 0.5) is 0 Å². The van der Waals surface area contributed by atoms with Gasteiger partial charge in [0.1, 0.15) is 18.1 Å². The van der Waals surface area contributed by atoms with E-state index in [1.54, 1.807) is 0 Å². The van der Waals surface area contributed by atoms with Gasteiger partial charge in [0.15, 0.2) is 0 Å². The topological polar surface area (TPSA) is 163 Å². The summed E-state index contributed by atoms with van der Waals surface area (Å²) >= 11 is 0. The highest BCUT2D eigenvalue weighted by Crippen LogP contribution is 2.30. The van der Waals surface area contributed by atoms with Crippen molar-refractivity contribution in [1.82, 2.24) is 20.5 Å². The third kappa shape index (κ3) is 5.23. The van der Waals surface area contributed by atoms with Gasteiger partial charge >= 0.3 is 0 Å². The van der Waals surface area contributed by atoms with Crippen LogP contribution < -0.4 is 22.1 Å². The predicted octanol–water partition coefficient (Wildman–Crippen LogP) is 0.0974. The first kappa shape index (κ1) is 24.9. The maximum Gasteiger partial charge on any atom is 0.246 e. The summed E-state index contributed by atoms with van der Waals surface area (Å²) in [6, 6.07) is 14.1. The van der Waals surface area contributed by atoms with Gasteiger partial charge in [-0.1, -0.05) is 48.5 Å². The number of hydrogen-bond acceptors (Lipinski definition) is 5. The van der Waals surface area contributed by atoms with Crippen LogP contribution in [0.3, 0.4) is 0 Å². The third-order valence-electron chi connectivity index (χ3n) is 6.44. The first-order valence-corrected chi connectivity index (χ1v) is 11.8. The van der Waals surface area contributed by atoms with Crippen molar-refractivity contribution >= 4 is 34.5 Å². The number of fused-ring (bicyclic) bond motifs is 3. The van der Waals surface area contributed by atoms with Crippen molar-refractivity contribution in [2.75, 3.05) is 6.54 Å². The lowest BCUT2D eigenvalue weighted by molar-refractivity contribution is -0.144. The Morgan fingerprint density at radius 2 is 1.72 bits per heavy atom. The molecule has 10 nitrogen and oxygen atoms in total. The van der Waals surface area contributed by atoms with Gasteiger partial charge in [-0.2, -0.15) is 0 Å². The van der Waals surface area contributed by atoms with E-state index in [9.17, 15) is 19.2 Å². The minimum absolute atomic E-state index is 0.135. The number of nitrogens with one attached hydrogen (secondary N) is 3. The van der Waals surface area contributed by atoms with E-state index in [0.717, 1.165) is 27.7 Å². The molecular formula is C26H30N6O4. The molecule has 0 bridgehead atoms. The molecule has 4 rings (SSSR count). The number of H-pyrrole nitrogens is 1. The number of nitrogens with zero attached hydrogens (tertiary/aromatic N) is 1. The second-order valence-corrected chi connectivity index (χ2v) is 8.96. The summed E-state index contributed by atoms with van der Waals surface area (Å²) in [6.45, 7) is 1.29. The number of primary amides is 1. The summed E-state index contributed by atoms with van der Waals surface area (Å²) in [4.78, 5) is 55.6. The summed E-state index contributed by atoms with van der Waals surface area (Å²) in [7, 11) is 0. The molecule has 1 aliphatic heterocycles. The molecule has 7 N–H and O–H groups in total. The van der Waals surface area contributed by atoms with Gasteiger partial charge < -0.3 is 32.0 Å². The number of aromatic amines is 1. The molecule has 4 amide bonds. The van der Waals surface area contributed by atoms with Crippen LogP contribution in [-0.2, 0) is 38.6 Å². The fraction of sp³-hybridized carbons (Fsp3) is 0.308. The number of rotatable bonds is 8. The number of benzene rings is 2. The van der Waals surface area contributed by atoms with E-state index >= 15 is 0 Å². The Hall–Kier alpha value is -4.18. The molecule has 1 aliphatic rings. The molecule has 10 heteroatoms. The average molecular weight is 491 g/mol. The van der Waals surface area contributed by atoms with Gasteiger partial charge in [0.05, 0.1) is 6.54 Å². The van der Waals surface area contributed by atoms with Crippen LogP contribution in [0.5, 0.6) is 0 Å². The zero-order chi connectivity index (χ0) is 25.8. The summed E-state index contributed by atoms with van der Waals surface area (Å²) in [5, 5.41) is 6.22. The number of carbonyl (C=O) groups is 4. The van der Waals surface area contributed by atoms with Crippen LogP contribution in [0.25, 0.3) is 10.9 Å². The molecule has 0 saturated carbocycles. The molecule has 3 atom stereocenters. The van der Waals surface area contributed by atoms with Crippen LogP contribution in [0.15, 0.2) is 54.6 Å². The number of aromatic nitrogens is 1. The van der Waals surface area contributed by atoms with Crippen molar-refractivity contribution in [1.29, 1.82) is 0 Å². The maximum absolute atomic E-state index is 13.9. The van der Waals surface area contributed by atoms with E-state index in [0.29, 0.717) is 0 Å². The van der Waals surface area contributed by atoms with Crippen molar-refractivity contribution in [3.8, 4) is 0 Å². The highest BCUT2D eigenvalue weighted by molar-refractivity contribution is 5.95. The van der Waals surface area contributed by atoms with E-state index in [4.69, 9.17) is 11.5 Å². The smallest absolute Gasteiger partial charge is 0.246 e. The van der Waals surface area contributed by atoms with Crippen molar-refractivity contribution in [2.45, 2.75) is 44.4 Å². The van der Waals surface area contributed by atoms with E-state index < -0.39 is 41.8 Å². The highest BCUT2D eigenvalue weighted by Gasteiger charge is 2.39. The van der Waals surface area contributed by atoms with Crippen LogP contribution in [0.2, 0.25) is 0 Å². The first-order valence-electron chi connectivity index (χ1n) is 11.8. The fourth-order valence-corrected chi connectivity index (χ4v) is 4.69. The second kappa shape index (κ2) is 10.6. The molecule has 36 heavy (non-hydrogen) atoms. The lowest BCUT2D eigenvalue weighted by Gasteiger charge is -2.36. The number of hydrogen-bond donors (Lipinski definition) is 5. The van der Waals surface area contributed by atoms with E-state index in [1.807, 2.05) is 54.6 Å². The molecule has 2 heterocycles. The van der Waals surface area contributed by atoms with Gasteiger partial charge in [0, 0.05) is 42.9 Å². The molecule has 0 unspecified atom stereocenters. The molecule has 1 aromatic heterocycles. The van der Waals surface area contributed by atoms with Gasteiger partial charge in [-0.3, -0.25) is 19.2 Å². The number of carbonyl (C=O) groups excluding carboxylic acids is 4. The SMILES string of the molecule is CC(=O)N[C@@H](CN)C(=O)N[C@@H](Cc1ccccc1)C(=O)N1Cc2[nH]c3ccccc3c2C[C@H]1C(N)=O. The Kier molecular flexibility index (Phi) is 7.35. The molecule has 0 spiro atoms. The highest BCUT2D eigenvalue weighted by atomic mass is 16.2. The van der Waals surface area contributed by atoms with Crippen LogP contribution in [-0.4, -0.2) is 58.2 Å². The summed E-state index contributed by atoms with van der Waals surface area (Å²) in [5.74, 6) is -2.07. The normalized spacial score (nSPS) is 16.6. The number of nitrogens with two attached hydrogens (primary N) is 2. The van der Waals surface area contributed by atoms with Gasteiger partial charge in [-0.25, -0.2) is 0 Å². The maximum atomic E-state index is 13.9. The molecule has 2 aromatic carbocycles. The van der Waals surface area contributed by atoms with Gasteiger partial charge in [0.2, 0.25) is 23.6 Å². The molecule has 0 fully saturated rings. The zero-order valence-corrected chi connectivity index (χ0v) is 20.0. The van der Waals surface area contributed by atoms with E-state index in [2.05, 4.69) is 15.6 Å². The quantitative estimate of drug-likeness (QED) is 0.302. The average Bonchev–Trinajstić information content (AvgIpc) is 3.23. The number of para-hydroxylation sites is 1. The lowest BCUT2D eigenvalue weighted by Crippen LogP contribution is -2.60.